The number of methoxy groups -OCH3 is 2. The molecule has 6 heteroatoms. The van der Waals surface area contributed by atoms with Gasteiger partial charge in [0.25, 0.3) is 0 Å². The fraction of sp³-hybridized carbons (Fsp3) is 0.273. The number of benzene rings is 2. The number of aryl methyl sites for hydroxylation is 1. The van der Waals surface area contributed by atoms with E-state index in [9.17, 15) is 9.59 Å². The summed E-state index contributed by atoms with van der Waals surface area (Å²) in [5.74, 6) is 0.115. The van der Waals surface area contributed by atoms with Gasteiger partial charge in [0, 0.05) is 34.3 Å². The quantitative estimate of drug-likeness (QED) is 0.525. The van der Waals surface area contributed by atoms with Crippen LogP contribution in [0.1, 0.15) is 33.6 Å². The molecule has 0 saturated heterocycles. The molecule has 0 radical (unpaired) electrons. The lowest BCUT2D eigenvalue weighted by atomic mass is 9.97. The molecule has 0 aliphatic carbocycles. The first-order valence-electron chi connectivity index (χ1n) is 9.27. The van der Waals surface area contributed by atoms with Crippen LogP contribution in [0.3, 0.4) is 0 Å². The van der Waals surface area contributed by atoms with Crippen molar-refractivity contribution in [3.8, 4) is 5.75 Å². The van der Waals surface area contributed by atoms with Crippen molar-refractivity contribution >= 4 is 28.3 Å². The molecule has 0 unspecified atom stereocenters. The number of nitrogens with one attached hydrogen (secondary N) is 2. The first-order chi connectivity index (χ1) is 13.6. The zero-order valence-corrected chi connectivity index (χ0v) is 15.9. The Hall–Kier alpha value is -3.28. The van der Waals surface area contributed by atoms with Gasteiger partial charge in [-0.05, 0) is 42.7 Å². The number of hydrogen-bond donors (Lipinski definition) is 2. The Morgan fingerprint density at radius 3 is 2.75 bits per heavy atom. The van der Waals surface area contributed by atoms with Crippen LogP contribution >= 0.6 is 0 Å². The number of rotatable bonds is 5. The lowest BCUT2D eigenvalue weighted by Crippen LogP contribution is -2.14. The number of aromatic amines is 1. The lowest BCUT2D eigenvalue weighted by molar-refractivity contribution is -0.139. The highest BCUT2D eigenvalue weighted by Crippen LogP contribution is 2.30. The van der Waals surface area contributed by atoms with Crippen LogP contribution in [0.25, 0.3) is 10.9 Å². The maximum Gasteiger partial charge on any atom is 0.310 e. The number of H-pyrrole nitrogens is 1. The largest absolute Gasteiger partial charge is 0.497 e. The van der Waals surface area contributed by atoms with Gasteiger partial charge >= 0.3 is 5.97 Å². The van der Waals surface area contributed by atoms with Crippen molar-refractivity contribution in [3.63, 3.8) is 0 Å². The molecule has 4 rings (SSSR count). The van der Waals surface area contributed by atoms with E-state index in [1.165, 1.54) is 12.7 Å². The molecular weight excluding hydrogens is 356 g/mol. The van der Waals surface area contributed by atoms with Gasteiger partial charge in [0.2, 0.25) is 5.78 Å². The van der Waals surface area contributed by atoms with Crippen molar-refractivity contribution in [2.45, 2.75) is 19.3 Å². The molecule has 0 fully saturated rings. The Balaban J connectivity index is 1.81. The maximum atomic E-state index is 13.3. The lowest BCUT2D eigenvalue weighted by Gasteiger charge is -2.18. The van der Waals surface area contributed by atoms with Crippen LogP contribution in [0.4, 0.5) is 5.69 Å². The Morgan fingerprint density at radius 1 is 1.11 bits per heavy atom. The summed E-state index contributed by atoms with van der Waals surface area (Å²) >= 11 is 0. The zero-order chi connectivity index (χ0) is 19.7. The molecule has 0 atom stereocenters. The predicted octanol–water partition coefficient (Wildman–Crippen LogP) is 3.48. The number of aromatic nitrogens is 1. The van der Waals surface area contributed by atoms with Crippen molar-refractivity contribution in [3.05, 3.63) is 58.8 Å². The van der Waals surface area contributed by atoms with Gasteiger partial charge in [-0.15, -0.1) is 0 Å². The molecule has 1 aliphatic rings. The highest BCUT2D eigenvalue weighted by Gasteiger charge is 2.23. The third-order valence-corrected chi connectivity index (χ3v) is 5.20. The van der Waals surface area contributed by atoms with Crippen molar-refractivity contribution in [2.75, 3.05) is 26.1 Å². The van der Waals surface area contributed by atoms with E-state index < -0.39 is 5.97 Å². The Kier molecular flexibility index (Phi) is 4.77. The van der Waals surface area contributed by atoms with E-state index in [0.717, 1.165) is 36.0 Å². The molecule has 0 bridgehead atoms. The molecule has 1 aliphatic heterocycles. The van der Waals surface area contributed by atoms with Crippen molar-refractivity contribution < 1.29 is 19.1 Å². The highest BCUT2D eigenvalue weighted by atomic mass is 16.5. The van der Waals surface area contributed by atoms with E-state index in [0.29, 0.717) is 22.6 Å². The van der Waals surface area contributed by atoms with Gasteiger partial charge in [0.15, 0.2) is 0 Å². The van der Waals surface area contributed by atoms with Crippen molar-refractivity contribution in [2.24, 2.45) is 0 Å². The summed E-state index contributed by atoms with van der Waals surface area (Å²) in [6.45, 7) is 0.907. The average Bonchev–Trinajstić information content (AvgIpc) is 3.10. The summed E-state index contributed by atoms with van der Waals surface area (Å²) in [5, 5.41) is 4.14. The SMILES string of the molecule is COC(=O)Cc1c(C(=O)c2ccc3c(c2)NCCC3)[nH]c2ccc(OC)cc12. The van der Waals surface area contributed by atoms with Crippen molar-refractivity contribution in [1.82, 2.24) is 4.98 Å². The molecule has 0 saturated carbocycles. The minimum Gasteiger partial charge on any atom is -0.497 e. The molecular formula is C22H22N2O4. The van der Waals surface area contributed by atoms with Crippen LogP contribution in [0.5, 0.6) is 5.75 Å². The monoisotopic (exact) mass is 378 g/mol. The van der Waals surface area contributed by atoms with Gasteiger partial charge in [0.1, 0.15) is 5.75 Å². The molecule has 0 spiro atoms. The maximum absolute atomic E-state index is 13.3. The summed E-state index contributed by atoms with van der Waals surface area (Å²) in [5.41, 5.74) is 4.61. The van der Waals surface area contributed by atoms with E-state index in [1.807, 2.05) is 36.4 Å². The minimum absolute atomic E-state index is 0.00787. The van der Waals surface area contributed by atoms with Gasteiger partial charge in [-0.2, -0.15) is 0 Å². The number of fused-ring (bicyclic) bond motifs is 2. The number of carbonyl (C=O) groups excluding carboxylic acids is 2. The second-order valence-electron chi connectivity index (χ2n) is 6.87. The van der Waals surface area contributed by atoms with E-state index in [2.05, 4.69) is 10.3 Å². The standard InChI is InChI=1S/C22H22N2O4/c1-27-15-7-8-18-16(11-15)17(12-20(25)28-2)21(24-18)22(26)14-6-5-13-4-3-9-23-19(13)10-14/h5-8,10-11,23-24H,3-4,9,12H2,1-2H3. The van der Waals surface area contributed by atoms with Crippen LogP contribution in [0.15, 0.2) is 36.4 Å². The smallest absolute Gasteiger partial charge is 0.310 e. The molecule has 144 valence electrons. The number of hydrogen-bond acceptors (Lipinski definition) is 5. The summed E-state index contributed by atoms with van der Waals surface area (Å²) < 4.78 is 10.1. The fourth-order valence-corrected chi connectivity index (χ4v) is 3.69. The Labute approximate surface area is 162 Å². The van der Waals surface area contributed by atoms with Gasteiger partial charge in [0.05, 0.1) is 26.3 Å². The predicted molar refractivity (Wildman–Crippen MR) is 107 cm³/mol. The molecule has 2 N–H and O–H groups in total. The van der Waals surface area contributed by atoms with E-state index in [1.54, 1.807) is 7.11 Å². The first kappa shape index (κ1) is 18.1. The van der Waals surface area contributed by atoms with Gasteiger partial charge in [-0.3, -0.25) is 9.59 Å². The molecule has 2 heterocycles. The average molecular weight is 378 g/mol. The number of ether oxygens (including phenoxy) is 2. The summed E-state index contributed by atoms with van der Waals surface area (Å²) in [6, 6.07) is 11.2. The fourth-order valence-electron chi connectivity index (χ4n) is 3.69. The minimum atomic E-state index is -0.398. The van der Waals surface area contributed by atoms with Crippen molar-refractivity contribution in [1.29, 1.82) is 0 Å². The van der Waals surface area contributed by atoms with Crippen LogP contribution in [-0.2, 0) is 22.4 Å². The van der Waals surface area contributed by atoms with Crippen LogP contribution in [0, 0.1) is 0 Å². The van der Waals surface area contributed by atoms with Crippen LogP contribution < -0.4 is 10.1 Å². The highest BCUT2D eigenvalue weighted by molar-refractivity contribution is 6.13. The van der Waals surface area contributed by atoms with Gasteiger partial charge < -0.3 is 19.8 Å². The van der Waals surface area contributed by atoms with E-state index in [-0.39, 0.29) is 12.2 Å². The zero-order valence-electron chi connectivity index (χ0n) is 15.9. The van der Waals surface area contributed by atoms with E-state index >= 15 is 0 Å². The number of anilines is 1. The molecule has 0 amide bonds. The molecule has 2 aromatic carbocycles. The number of esters is 1. The molecule has 28 heavy (non-hydrogen) atoms. The Morgan fingerprint density at radius 2 is 1.96 bits per heavy atom. The molecule has 6 nitrogen and oxygen atoms in total. The summed E-state index contributed by atoms with van der Waals surface area (Å²) in [6.07, 6.45) is 2.11. The second kappa shape index (κ2) is 7.38. The second-order valence-corrected chi connectivity index (χ2v) is 6.87. The summed E-state index contributed by atoms with van der Waals surface area (Å²) in [7, 11) is 2.92. The third-order valence-electron chi connectivity index (χ3n) is 5.20. The van der Waals surface area contributed by atoms with Gasteiger partial charge in [-0.25, -0.2) is 0 Å². The normalized spacial score (nSPS) is 12.9. The van der Waals surface area contributed by atoms with Crippen LogP contribution in [0.2, 0.25) is 0 Å². The number of ketones is 1. The molecule has 3 aromatic rings. The summed E-state index contributed by atoms with van der Waals surface area (Å²) in [4.78, 5) is 28.5. The first-order valence-corrected chi connectivity index (χ1v) is 9.27. The molecule has 1 aromatic heterocycles. The Bertz CT molecular complexity index is 1070. The third kappa shape index (κ3) is 3.22. The van der Waals surface area contributed by atoms with Gasteiger partial charge in [-0.1, -0.05) is 12.1 Å². The number of carbonyl (C=O) groups is 2. The van der Waals surface area contributed by atoms with E-state index in [4.69, 9.17) is 9.47 Å². The topological polar surface area (TPSA) is 80.4 Å². The van der Waals surface area contributed by atoms with Crippen LogP contribution in [-0.4, -0.2) is 37.5 Å².